The van der Waals surface area contributed by atoms with Crippen molar-refractivity contribution in [2.75, 3.05) is 25.0 Å². The number of piperidine rings is 1. The van der Waals surface area contributed by atoms with Crippen molar-refractivity contribution in [3.05, 3.63) is 27.7 Å². The summed E-state index contributed by atoms with van der Waals surface area (Å²) in [5, 5.41) is 3.64. The number of nitrogens with zero attached hydrogens (tertiary/aromatic N) is 1. The molecule has 2 rings (SSSR count). The fraction of sp³-hybridized carbons (Fsp3) is 0.562. The van der Waals surface area contributed by atoms with Crippen molar-refractivity contribution in [2.45, 2.75) is 39.7 Å². The predicted molar refractivity (Wildman–Crippen MR) is 88.9 cm³/mol. The molecule has 0 aliphatic carbocycles. The van der Waals surface area contributed by atoms with E-state index in [1.807, 2.05) is 6.92 Å². The van der Waals surface area contributed by atoms with Crippen LogP contribution in [-0.2, 0) is 4.74 Å². The first kappa shape index (κ1) is 16.1. The van der Waals surface area contributed by atoms with Gasteiger partial charge in [-0.15, -0.1) is 0 Å². The Kier molecular flexibility index (Phi) is 5.51. The maximum absolute atomic E-state index is 11.7. The number of aryl methyl sites for hydroxylation is 2. The lowest BCUT2D eigenvalue weighted by atomic mass is 10.0. The fourth-order valence-electron chi connectivity index (χ4n) is 2.76. The van der Waals surface area contributed by atoms with E-state index in [1.165, 1.54) is 16.8 Å². The molecule has 1 aliphatic heterocycles. The zero-order valence-corrected chi connectivity index (χ0v) is 14.5. The lowest BCUT2D eigenvalue weighted by Gasteiger charge is -2.32. The van der Waals surface area contributed by atoms with Gasteiger partial charge in [0, 0.05) is 29.3 Å². The van der Waals surface area contributed by atoms with Crippen LogP contribution in [-0.4, -0.2) is 36.7 Å². The number of anilines is 1. The average molecular weight is 355 g/mol. The van der Waals surface area contributed by atoms with Crippen LogP contribution in [0.5, 0.6) is 0 Å². The number of carbonyl (C=O) groups excluding carboxylic acids is 1. The second-order valence-electron chi connectivity index (χ2n) is 5.52. The molecule has 0 bridgehead atoms. The van der Waals surface area contributed by atoms with Crippen LogP contribution in [0.1, 0.15) is 30.9 Å². The standard InChI is InChI=1S/C16H23BrN2O2/c1-4-21-16(20)19-7-5-14(6-8-19)18-15-11(2)9-13(17)10-12(15)3/h9-10,14,18H,4-8H2,1-3H3. The van der Waals surface area contributed by atoms with Crippen LogP contribution in [0.15, 0.2) is 16.6 Å². The number of halogens is 1. The molecule has 1 N–H and O–H groups in total. The summed E-state index contributed by atoms with van der Waals surface area (Å²) in [6, 6.07) is 4.67. The molecule has 5 heteroatoms. The number of rotatable bonds is 3. The molecule has 1 amide bonds. The summed E-state index contributed by atoms with van der Waals surface area (Å²) in [5.74, 6) is 0. The third-order valence-electron chi connectivity index (χ3n) is 3.87. The van der Waals surface area contributed by atoms with Crippen LogP contribution in [0.3, 0.4) is 0 Å². The number of amides is 1. The quantitative estimate of drug-likeness (QED) is 0.888. The van der Waals surface area contributed by atoms with E-state index >= 15 is 0 Å². The van der Waals surface area contributed by atoms with Crippen molar-refractivity contribution >= 4 is 27.7 Å². The Bertz CT molecular complexity index is 488. The summed E-state index contributed by atoms with van der Waals surface area (Å²) in [6.45, 7) is 8.03. The summed E-state index contributed by atoms with van der Waals surface area (Å²) in [6.07, 6.45) is 1.72. The minimum atomic E-state index is -0.188. The van der Waals surface area contributed by atoms with Gasteiger partial charge in [0.2, 0.25) is 0 Å². The molecule has 116 valence electrons. The molecule has 0 atom stereocenters. The van der Waals surface area contributed by atoms with E-state index in [9.17, 15) is 4.79 Å². The number of ether oxygens (including phenoxy) is 1. The first-order chi connectivity index (χ1) is 10.0. The molecule has 4 nitrogen and oxygen atoms in total. The van der Waals surface area contributed by atoms with Crippen molar-refractivity contribution < 1.29 is 9.53 Å². The highest BCUT2D eigenvalue weighted by Crippen LogP contribution is 2.27. The van der Waals surface area contributed by atoms with Crippen molar-refractivity contribution in [1.29, 1.82) is 0 Å². The summed E-state index contributed by atoms with van der Waals surface area (Å²) < 4.78 is 6.16. The van der Waals surface area contributed by atoms with E-state index in [1.54, 1.807) is 4.90 Å². The van der Waals surface area contributed by atoms with Gasteiger partial charge in [0.05, 0.1) is 6.61 Å². The predicted octanol–water partition coefficient (Wildman–Crippen LogP) is 4.10. The lowest BCUT2D eigenvalue weighted by Crippen LogP contribution is -2.42. The van der Waals surface area contributed by atoms with Crippen LogP contribution in [0.4, 0.5) is 10.5 Å². The Morgan fingerprint density at radius 2 is 1.90 bits per heavy atom. The zero-order chi connectivity index (χ0) is 15.4. The largest absolute Gasteiger partial charge is 0.450 e. The molecular weight excluding hydrogens is 332 g/mol. The van der Waals surface area contributed by atoms with Crippen molar-refractivity contribution in [2.24, 2.45) is 0 Å². The van der Waals surface area contributed by atoms with Gasteiger partial charge in [-0.1, -0.05) is 15.9 Å². The van der Waals surface area contributed by atoms with Crippen molar-refractivity contribution in [3.8, 4) is 0 Å². The molecule has 0 saturated carbocycles. The fourth-order valence-corrected chi connectivity index (χ4v) is 3.45. The number of benzene rings is 1. The van der Waals surface area contributed by atoms with Gasteiger partial charge in [0.1, 0.15) is 0 Å². The maximum atomic E-state index is 11.7. The lowest BCUT2D eigenvalue weighted by molar-refractivity contribution is 0.0983. The van der Waals surface area contributed by atoms with Gasteiger partial charge in [-0.3, -0.25) is 0 Å². The Morgan fingerprint density at radius 1 is 1.33 bits per heavy atom. The van der Waals surface area contributed by atoms with Crippen LogP contribution < -0.4 is 5.32 Å². The van der Waals surface area contributed by atoms with E-state index in [0.29, 0.717) is 12.6 Å². The summed E-state index contributed by atoms with van der Waals surface area (Å²) in [7, 11) is 0. The van der Waals surface area contributed by atoms with Crippen LogP contribution >= 0.6 is 15.9 Å². The van der Waals surface area contributed by atoms with E-state index in [2.05, 4.69) is 47.2 Å². The highest BCUT2D eigenvalue weighted by molar-refractivity contribution is 9.10. The highest BCUT2D eigenvalue weighted by Gasteiger charge is 2.24. The Labute approximate surface area is 135 Å². The van der Waals surface area contributed by atoms with Crippen LogP contribution in [0.25, 0.3) is 0 Å². The van der Waals surface area contributed by atoms with Crippen molar-refractivity contribution in [1.82, 2.24) is 4.90 Å². The Balaban J connectivity index is 1.94. The van der Waals surface area contributed by atoms with E-state index < -0.39 is 0 Å². The van der Waals surface area contributed by atoms with E-state index in [0.717, 1.165) is 30.4 Å². The summed E-state index contributed by atoms with van der Waals surface area (Å²) >= 11 is 3.52. The summed E-state index contributed by atoms with van der Waals surface area (Å²) in [5.41, 5.74) is 3.71. The maximum Gasteiger partial charge on any atom is 0.409 e. The Hall–Kier alpha value is -1.23. The molecule has 0 radical (unpaired) electrons. The number of hydrogen-bond donors (Lipinski definition) is 1. The number of nitrogens with one attached hydrogen (secondary N) is 1. The third-order valence-corrected chi connectivity index (χ3v) is 4.32. The minimum Gasteiger partial charge on any atom is -0.450 e. The first-order valence-electron chi connectivity index (χ1n) is 7.46. The summed E-state index contributed by atoms with van der Waals surface area (Å²) in [4.78, 5) is 13.5. The molecule has 1 aromatic carbocycles. The average Bonchev–Trinajstić information content (AvgIpc) is 2.43. The third kappa shape index (κ3) is 4.13. The molecule has 1 saturated heterocycles. The van der Waals surface area contributed by atoms with Crippen LogP contribution in [0, 0.1) is 13.8 Å². The van der Waals surface area contributed by atoms with Crippen molar-refractivity contribution in [3.63, 3.8) is 0 Å². The number of carbonyl (C=O) groups is 1. The zero-order valence-electron chi connectivity index (χ0n) is 12.9. The second-order valence-corrected chi connectivity index (χ2v) is 6.43. The van der Waals surface area contributed by atoms with Gasteiger partial charge in [-0.2, -0.15) is 0 Å². The van der Waals surface area contributed by atoms with Gasteiger partial charge in [-0.05, 0) is 56.9 Å². The molecule has 0 aromatic heterocycles. The van der Waals surface area contributed by atoms with Crippen LogP contribution in [0.2, 0.25) is 0 Å². The highest BCUT2D eigenvalue weighted by atomic mass is 79.9. The molecule has 1 aromatic rings. The second kappa shape index (κ2) is 7.16. The molecule has 0 spiro atoms. The number of hydrogen-bond acceptors (Lipinski definition) is 3. The van der Waals surface area contributed by atoms with E-state index in [-0.39, 0.29) is 6.09 Å². The van der Waals surface area contributed by atoms with E-state index in [4.69, 9.17) is 4.74 Å². The molecule has 21 heavy (non-hydrogen) atoms. The molecule has 1 aliphatic rings. The van der Waals surface area contributed by atoms with Gasteiger partial charge >= 0.3 is 6.09 Å². The van der Waals surface area contributed by atoms with Gasteiger partial charge < -0.3 is 15.0 Å². The SMILES string of the molecule is CCOC(=O)N1CCC(Nc2c(C)cc(Br)cc2C)CC1. The minimum absolute atomic E-state index is 0.188. The first-order valence-corrected chi connectivity index (χ1v) is 8.25. The molecule has 0 unspecified atom stereocenters. The topological polar surface area (TPSA) is 41.6 Å². The molecule has 1 fully saturated rings. The molecular formula is C16H23BrN2O2. The smallest absolute Gasteiger partial charge is 0.409 e. The van der Waals surface area contributed by atoms with Gasteiger partial charge in [-0.25, -0.2) is 4.79 Å². The molecule has 1 heterocycles. The Morgan fingerprint density at radius 3 is 2.43 bits per heavy atom. The number of likely N-dealkylation sites (tertiary alicyclic amines) is 1. The van der Waals surface area contributed by atoms with Gasteiger partial charge in [0.25, 0.3) is 0 Å². The van der Waals surface area contributed by atoms with Gasteiger partial charge in [0.15, 0.2) is 0 Å². The monoisotopic (exact) mass is 354 g/mol. The normalized spacial score (nSPS) is 15.9.